The van der Waals surface area contributed by atoms with E-state index >= 15 is 0 Å². The Kier molecular flexibility index (Phi) is 8.07. The lowest BCUT2D eigenvalue weighted by Crippen LogP contribution is -2.51. The first-order chi connectivity index (χ1) is 10.0. The van der Waals surface area contributed by atoms with Crippen molar-refractivity contribution in [1.29, 1.82) is 0 Å². The van der Waals surface area contributed by atoms with Crippen LogP contribution in [0.2, 0.25) is 0 Å². The zero-order valence-corrected chi connectivity index (χ0v) is 13.4. The molecule has 0 aromatic heterocycles. The summed E-state index contributed by atoms with van der Waals surface area (Å²) in [6.45, 7) is 5.22. The molecule has 1 aliphatic heterocycles. The number of unbranched alkanes of at least 4 members (excludes halogenated alkanes) is 1. The lowest BCUT2D eigenvalue weighted by molar-refractivity contribution is -0.131. The Morgan fingerprint density at radius 1 is 1.14 bits per heavy atom. The van der Waals surface area contributed by atoms with Gasteiger partial charge in [0.15, 0.2) is 0 Å². The van der Waals surface area contributed by atoms with Crippen molar-refractivity contribution in [1.82, 2.24) is 20.0 Å². The summed E-state index contributed by atoms with van der Waals surface area (Å²) in [6, 6.07) is -0.236. The molecule has 0 bridgehead atoms. The van der Waals surface area contributed by atoms with Gasteiger partial charge in [-0.2, -0.15) is 0 Å². The molecule has 21 heavy (non-hydrogen) atoms. The van der Waals surface area contributed by atoms with Gasteiger partial charge in [-0.3, -0.25) is 9.69 Å². The molecule has 0 atom stereocenters. The third-order valence-corrected chi connectivity index (χ3v) is 3.59. The zero-order chi connectivity index (χ0) is 15.7. The van der Waals surface area contributed by atoms with E-state index in [-0.39, 0.29) is 18.5 Å². The van der Waals surface area contributed by atoms with Gasteiger partial charge in [0.1, 0.15) is 0 Å². The van der Waals surface area contributed by atoms with E-state index in [1.165, 1.54) is 4.90 Å². The first kappa shape index (κ1) is 17.7. The number of piperazine rings is 1. The highest BCUT2D eigenvalue weighted by Crippen LogP contribution is 2.04. The van der Waals surface area contributed by atoms with Crippen molar-refractivity contribution < 1.29 is 14.3 Å². The number of methoxy groups -OCH3 is 1. The molecule has 1 N–H and O–H groups in total. The van der Waals surface area contributed by atoms with Crippen molar-refractivity contribution in [3.8, 4) is 0 Å². The highest BCUT2D eigenvalue weighted by Gasteiger charge is 2.21. The molecule has 0 saturated carbocycles. The topological polar surface area (TPSA) is 65.1 Å². The van der Waals surface area contributed by atoms with Gasteiger partial charge in [-0.15, -0.1) is 0 Å². The summed E-state index contributed by atoms with van der Waals surface area (Å²) in [7, 11) is 5.03. The van der Waals surface area contributed by atoms with E-state index in [4.69, 9.17) is 4.74 Å². The molecular formula is C14H28N4O3. The number of amides is 3. The van der Waals surface area contributed by atoms with Crippen molar-refractivity contribution in [2.75, 3.05) is 67.1 Å². The maximum Gasteiger partial charge on any atom is 0.317 e. The van der Waals surface area contributed by atoms with E-state index in [0.29, 0.717) is 0 Å². The van der Waals surface area contributed by atoms with E-state index in [1.54, 1.807) is 21.2 Å². The van der Waals surface area contributed by atoms with Crippen LogP contribution in [0.25, 0.3) is 0 Å². The predicted molar refractivity (Wildman–Crippen MR) is 81.2 cm³/mol. The molecule has 122 valence electrons. The molecule has 0 aliphatic carbocycles. The molecular weight excluding hydrogens is 272 g/mol. The van der Waals surface area contributed by atoms with Gasteiger partial charge >= 0.3 is 6.03 Å². The van der Waals surface area contributed by atoms with Crippen molar-refractivity contribution in [2.45, 2.75) is 12.8 Å². The molecule has 1 saturated heterocycles. The molecule has 0 aromatic rings. The van der Waals surface area contributed by atoms with Gasteiger partial charge in [-0.25, -0.2) is 4.79 Å². The number of hydrogen-bond donors (Lipinski definition) is 1. The van der Waals surface area contributed by atoms with E-state index in [1.807, 2.05) is 4.90 Å². The number of rotatable bonds is 7. The molecule has 1 aliphatic rings. The van der Waals surface area contributed by atoms with Crippen molar-refractivity contribution in [3.63, 3.8) is 0 Å². The fraction of sp³-hybridized carbons (Fsp3) is 0.857. The van der Waals surface area contributed by atoms with Gasteiger partial charge in [0.05, 0.1) is 6.54 Å². The summed E-state index contributed by atoms with van der Waals surface area (Å²) in [5.41, 5.74) is 0. The predicted octanol–water partition coefficient (Wildman–Crippen LogP) is -0.172. The molecule has 0 spiro atoms. The second-order valence-electron chi connectivity index (χ2n) is 5.48. The zero-order valence-electron chi connectivity index (χ0n) is 13.4. The summed E-state index contributed by atoms with van der Waals surface area (Å²) < 4.78 is 5.03. The third kappa shape index (κ3) is 6.77. The molecule has 3 amide bonds. The summed E-state index contributed by atoms with van der Waals surface area (Å²) in [4.78, 5) is 29.0. The number of ether oxygens (including phenoxy) is 1. The Morgan fingerprint density at radius 3 is 2.38 bits per heavy atom. The molecule has 1 rings (SSSR count). The minimum Gasteiger partial charge on any atom is -0.385 e. The fourth-order valence-electron chi connectivity index (χ4n) is 2.22. The largest absolute Gasteiger partial charge is 0.385 e. The summed E-state index contributed by atoms with van der Waals surface area (Å²) in [5, 5.41) is 2.61. The second-order valence-corrected chi connectivity index (χ2v) is 5.48. The van der Waals surface area contributed by atoms with Crippen molar-refractivity contribution in [3.05, 3.63) is 0 Å². The second kappa shape index (κ2) is 9.57. The van der Waals surface area contributed by atoms with E-state index in [9.17, 15) is 9.59 Å². The van der Waals surface area contributed by atoms with Crippen LogP contribution in [0, 0.1) is 0 Å². The smallest absolute Gasteiger partial charge is 0.317 e. The van der Waals surface area contributed by atoms with Crippen LogP contribution >= 0.6 is 0 Å². The minimum absolute atomic E-state index is 0.00997. The van der Waals surface area contributed by atoms with Gasteiger partial charge in [-0.1, -0.05) is 0 Å². The number of carbonyl (C=O) groups excluding carboxylic acids is 2. The van der Waals surface area contributed by atoms with E-state index < -0.39 is 0 Å². The number of nitrogens with one attached hydrogen (secondary N) is 1. The standard InChI is InChI=1S/C14H28N4O3/c1-16(2)14(20)15-12-13(19)18-9-7-17(8-10-18)6-4-5-11-21-3/h4-12H2,1-3H3,(H,15,20). The highest BCUT2D eigenvalue weighted by atomic mass is 16.5. The molecule has 0 radical (unpaired) electrons. The fourth-order valence-corrected chi connectivity index (χ4v) is 2.22. The molecule has 0 unspecified atom stereocenters. The number of hydrogen-bond acceptors (Lipinski definition) is 4. The maximum atomic E-state index is 12.0. The lowest BCUT2D eigenvalue weighted by Gasteiger charge is -2.34. The number of carbonyl (C=O) groups is 2. The first-order valence-corrected chi connectivity index (χ1v) is 7.49. The molecule has 7 nitrogen and oxygen atoms in total. The first-order valence-electron chi connectivity index (χ1n) is 7.49. The SMILES string of the molecule is COCCCCN1CCN(C(=O)CNC(=O)N(C)C)CC1. The Balaban J connectivity index is 2.17. The summed E-state index contributed by atoms with van der Waals surface area (Å²) in [6.07, 6.45) is 2.20. The average molecular weight is 300 g/mol. The number of urea groups is 1. The summed E-state index contributed by atoms with van der Waals surface area (Å²) in [5.74, 6) is -0.00997. The van der Waals surface area contributed by atoms with Crippen LogP contribution in [0.1, 0.15) is 12.8 Å². The number of nitrogens with zero attached hydrogens (tertiary/aromatic N) is 3. The Morgan fingerprint density at radius 2 is 1.81 bits per heavy atom. The van der Waals surface area contributed by atoms with Gasteiger partial charge in [0, 0.05) is 54.0 Å². The Hall–Kier alpha value is -1.34. The van der Waals surface area contributed by atoms with Gasteiger partial charge in [0.25, 0.3) is 0 Å². The van der Waals surface area contributed by atoms with Crippen molar-refractivity contribution >= 4 is 11.9 Å². The van der Waals surface area contributed by atoms with Crippen LogP contribution < -0.4 is 5.32 Å². The molecule has 1 fully saturated rings. The van der Waals surface area contributed by atoms with Crippen LogP contribution in [0.5, 0.6) is 0 Å². The average Bonchev–Trinajstić information content (AvgIpc) is 2.49. The van der Waals surface area contributed by atoms with Crippen LogP contribution in [0.4, 0.5) is 4.79 Å². The Labute approximate surface area is 127 Å². The van der Waals surface area contributed by atoms with Crippen LogP contribution in [0.15, 0.2) is 0 Å². The molecule has 0 aromatic carbocycles. The van der Waals surface area contributed by atoms with Gasteiger partial charge in [-0.05, 0) is 19.4 Å². The van der Waals surface area contributed by atoms with Crippen molar-refractivity contribution in [2.24, 2.45) is 0 Å². The maximum absolute atomic E-state index is 12.0. The quantitative estimate of drug-likeness (QED) is 0.663. The molecule has 7 heteroatoms. The monoisotopic (exact) mass is 300 g/mol. The van der Waals surface area contributed by atoms with Gasteiger partial charge in [0.2, 0.25) is 5.91 Å². The van der Waals surface area contributed by atoms with Crippen LogP contribution in [-0.2, 0) is 9.53 Å². The summed E-state index contributed by atoms with van der Waals surface area (Å²) >= 11 is 0. The van der Waals surface area contributed by atoms with E-state index in [2.05, 4.69) is 10.2 Å². The Bertz CT molecular complexity index is 328. The highest BCUT2D eigenvalue weighted by molar-refractivity contribution is 5.83. The lowest BCUT2D eigenvalue weighted by atomic mass is 10.2. The van der Waals surface area contributed by atoms with E-state index in [0.717, 1.165) is 52.2 Å². The molecule has 1 heterocycles. The minimum atomic E-state index is -0.236. The normalized spacial score (nSPS) is 15.9. The van der Waals surface area contributed by atoms with Crippen LogP contribution in [-0.4, -0.2) is 93.7 Å². The van der Waals surface area contributed by atoms with Crippen LogP contribution in [0.3, 0.4) is 0 Å². The van der Waals surface area contributed by atoms with Gasteiger partial charge < -0.3 is 19.9 Å². The third-order valence-electron chi connectivity index (χ3n) is 3.59.